The SMILES string of the molecule is CCCCN(CC#CC#CCN(CCCC)S(=O)(=O)c1ccccc1)S(=O)(=O)c1ccccc1. The Bertz CT molecular complexity index is 1120. The summed E-state index contributed by atoms with van der Waals surface area (Å²) in [4.78, 5) is 0.466. The highest BCUT2D eigenvalue weighted by Crippen LogP contribution is 2.16. The van der Waals surface area contributed by atoms with Gasteiger partial charge in [-0.3, -0.25) is 0 Å². The zero-order chi connectivity index (χ0) is 24.9. The normalized spacial score (nSPS) is 11.5. The van der Waals surface area contributed by atoms with Gasteiger partial charge in [0.1, 0.15) is 0 Å². The van der Waals surface area contributed by atoms with Gasteiger partial charge in [0, 0.05) is 13.1 Å². The van der Waals surface area contributed by atoms with Crippen LogP contribution in [0.25, 0.3) is 0 Å². The molecule has 0 aromatic heterocycles. The summed E-state index contributed by atoms with van der Waals surface area (Å²) in [5, 5.41) is 0. The molecule has 0 heterocycles. The average Bonchev–Trinajstić information content (AvgIpc) is 2.85. The van der Waals surface area contributed by atoms with Crippen LogP contribution in [0.1, 0.15) is 39.5 Å². The minimum atomic E-state index is -3.64. The molecule has 6 nitrogen and oxygen atoms in total. The van der Waals surface area contributed by atoms with Gasteiger partial charge in [-0.15, -0.1) is 0 Å². The number of nitrogens with zero attached hydrogens (tertiary/aromatic N) is 2. The van der Waals surface area contributed by atoms with Gasteiger partial charge in [0.15, 0.2) is 0 Å². The van der Waals surface area contributed by atoms with Gasteiger partial charge in [0.25, 0.3) is 0 Å². The largest absolute Gasteiger partial charge is 0.243 e. The Kier molecular flexibility index (Phi) is 11.3. The van der Waals surface area contributed by atoms with Gasteiger partial charge >= 0.3 is 0 Å². The molecule has 0 amide bonds. The fraction of sp³-hybridized carbons (Fsp3) is 0.385. The predicted molar refractivity (Wildman–Crippen MR) is 136 cm³/mol. The third-order valence-electron chi connectivity index (χ3n) is 5.03. The van der Waals surface area contributed by atoms with E-state index in [9.17, 15) is 16.8 Å². The Balaban J connectivity index is 2.12. The highest BCUT2D eigenvalue weighted by molar-refractivity contribution is 7.89. The van der Waals surface area contributed by atoms with Crippen LogP contribution in [0.3, 0.4) is 0 Å². The lowest BCUT2D eigenvalue weighted by Crippen LogP contribution is -2.32. The Morgan fingerprint density at radius 3 is 1.29 bits per heavy atom. The number of unbranched alkanes of at least 4 members (excludes halogenated alkanes) is 2. The number of rotatable bonds is 12. The molecular weight excluding hydrogens is 468 g/mol. The molecule has 2 rings (SSSR count). The summed E-state index contributed by atoms with van der Waals surface area (Å²) in [6, 6.07) is 16.6. The lowest BCUT2D eigenvalue weighted by molar-refractivity contribution is 0.436. The van der Waals surface area contributed by atoms with E-state index in [2.05, 4.69) is 23.7 Å². The quantitative estimate of drug-likeness (QED) is 0.413. The first-order valence-corrected chi connectivity index (χ1v) is 14.3. The number of sulfonamides is 2. The number of hydrogen-bond acceptors (Lipinski definition) is 4. The van der Waals surface area contributed by atoms with Gasteiger partial charge in [0.2, 0.25) is 20.0 Å². The van der Waals surface area contributed by atoms with Crippen LogP contribution in [0.4, 0.5) is 0 Å². The molecule has 0 fully saturated rings. The molecule has 0 N–H and O–H groups in total. The molecule has 2 aromatic carbocycles. The molecule has 34 heavy (non-hydrogen) atoms. The van der Waals surface area contributed by atoms with E-state index in [1.807, 2.05) is 13.8 Å². The zero-order valence-electron chi connectivity index (χ0n) is 19.8. The van der Waals surface area contributed by atoms with Crippen molar-refractivity contribution >= 4 is 20.0 Å². The Labute approximate surface area is 205 Å². The van der Waals surface area contributed by atoms with Gasteiger partial charge in [-0.2, -0.15) is 8.61 Å². The summed E-state index contributed by atoms with van der Waals surface area (Å²) < 4.78 is 54.5. The molecule has 0 atom stereocenters. The summed E-state index contributed by atoms with van der Waals surface area (Å²) in [6.45, 7) is 4.78. The van der Waals surface area contributed by atoms with E-state index < -0.39 is 20.0 Å². The summed E-state index contributed by atoms with van der Waals surface area (Å²) in [5.41, 5.74) is 0. The van der Waals surface area contributed by atoms with Crippen LogP contribution in [0, 0.1) is 23.7 Å². The Morgan fingerprint density at radius 2 is 0.971 bits per heavy atom. The maximum Gasteiger partial charge on any atom is 0.243 e. The number of benzene rings is 2. The maximum absolute atomic E-state index is 12.9. The van der Waals surface area contributed by atoms with E-state index in [-0.39, 0.29) is 22.9 Å². The second-order valence-corrected chi connectivity index (χ2v) is 11.5. The van der Waals surface area contributed by atoms with Crippen LogP contribution < -0.4 is 0 Å². The van der Waals surface area contributed by atoms with Crippen molar-refractivity contribution in [3.05, 3.63) is 60.7 Å². The second kappa shape index (κ2) is 13.9. The van der Waals surface area contributed by atoms with Crippen LogP contribution in [0.2, 0.25) is 0 Å². The first-order chi connectivity index (χ1) is 16.3. The third-order valence-corrected chi connectivity index (χ3v) is 8.75. The lowest BCUT2D eigenvalue weighted by Gasteiger charge is -2.19. The topological polar surface area (TPSA) is 74.8 Å². The Hall–Kier alpha value is -2.62. The zero-order valence-corrected chi connectivity index (χ0v) is 21.4. The molecule has 0 spiro atoms. The van der Waals surface area contributed by atoms with Gasteiger partial charge in [-0.05, 0) is 48.9 Å². The van der Waals surface area contributed by atoms with Crippen LogP contribution in [-0.2, 0) is 20.0 Å². The molecular formula is C26H32N2O4S2. The molecule has 182 valence electrons. The van der Waals surface area contributed by atoms with E-state index in [4.69, 9.17) is 0 Å². The standard InChI is InChI=1S/C26H32N2O4S2/c1-3-5-21-27(33(29,30)25-17-11-9-12-18-25)23-15-7-8-16-24-28(22-6-4-2)34(31,32)26-19-13-10-14-20-26/h9-14,17-20H,3-6,21-24H2,1-2H3. The van der Waals surface area contributed by atoms with Crippen molar-refractivity contribution in [3.63, 3.8) is 0 Å². The van der Waals surface area contributed by atoms with Crippen molar-refractivity contribution in [2.45, 2.75) is 49.3 Å². The average molecular weight is 501 g/mol. The monoisotopic (exact) mass is 500 g/mol. The number of hydrogen-bond donors (Lipinski definition) is 0. The highest BCUT2D eigenvalue weighted by Gasteiger charge is 2.23. The maximum atomic E-state index is 12.9. The fourth-order valence-corrected chi connectivity index (χ4v) is 5.87. The van der Waals surface area contributed by atoms with Crippen LogP contribution in [0.5, 0.6) is 0 Å². The van der Waals surface area contributed by atoms with Crippen LogP contribution in [0.15, 0.2) is 70.5 Å². The van der Waals surface area contributed by atoms with Crippen LogP contribution in [-0.4, -0.2) is 51.6 Å². The van der Waals surface area contributed by atoms with Gasteiger partial charge in [-0.1, -0.05) is 74.9 Å². The lowest BCUT2D eigenvalue weighted by atomic mass is 10.3. The Morgan fingerprint density at radius 1 is 0.618 bits per heavy atom. The smallest absolute Gasteiger partial charge is 0.207 e. The molecule has 0 aliphatic rings. The molecule has 0 unspecified atom stereocenters. The summed E-state index contributed by atoms with van der Waals surface area (Å²) in [5.74, 6) is 11.0. The summed E-state index contributed by atoms with van der Waals surface area (Å²) in [7, 11) is -7.29. The highest BCUT2D eigenvalue weighted by atomic mass is 32.2. The minimum Gasteiger partial charge on any atom is -0.207 e. The van der Waals surface area contributed by atoms with Crippen LogP contribution >= 0.6 is 0 Å². The van der Waals surface area contributed by atoms with Gasteiger partial charge in [-0.25, -0.2) is 16.8 Å². The van der Waals surface area contributed by atoms with E-state index in [0.717, 1.165) is 25.7 Å². The second-order valence-electron chi connectivity index (χ2n) is 7.61. The minimum absolute atomic E-state index is 0.0216. The van der Waals surface area contributed by atoms with E-state index in [1.54, 1.807) is 60.7 Å². The van der Waals surface area contributed by atoms with Crippen molar-refractivity contribution in [2.24, 2.45) is 0 Å². The van der Waals surface area contributed by atoms with Gasteiger partial charge in [0.05, 0.1) is 22.9 Å². The molecule has 0 bridgehead atoms. The van der Waals surface area contributed by atoms with Crippen molar-refractivity contribution in [1.29, 1.82) is 0 Å². The van der Waals surface area contributed by atoms with Gasteiger partial charge < -0.3 is 0 Å². The molecule has 0 saturated heterocycles. The first kappa shape index (κ1) is 27.6. The fourth-order valence-electron chi connectivity index (χ4n) is 3.06. The summed E-state index contributed by atoms with van der Waals surface area (Å²) >= 11 is 0. The predicted octanol–water partition coefficient (Wildman–Crippen LogP) is 3.98. The molecule has 8 heteroatoms. The third kappa shape index (κ3) is 8.00. The molecule has 0 aliphatic carbocycles. The van der Waals surface area contributed by atoms with Crippen molar-refractivity contribution in [3.8, 4) is 23.7 Å². The van der Waals surface area contributed by atoms with Crippen molar-refractivity contribution in [2.75, 3.05) is 26.2 Å². The molecule has 0 aliphatic heterocycles. The van der Waals surface area contributed by atoms with E-state index >= 15 is 0 Å². The first-order valence-electron chi connectivity index (χ1n) is 11.4. The molecule has 0 saturated carbocycles. The molecule has 0 radical (unpaired) electrons. The van der Waals surface area contributed by atoms with E-state index in [0.29, 0.717) is 13.1 Å². The van der Waals surface area contributed by atoms with Crippen molar-refractivity contribution < 1.29 is 16.8 Å². The molecule has 2 aromatic rings. The van der Waals surface area contributed by atoms with Crippen molar-refractivity contribution in [1.82, 2.24) is 8.61 Å². The van der Waals surface area contributed by atoms with E-state index in [1.165, 1.54) is 8.61 Å². The summed E-state index contributed by atoms with van der Waals surface area (Å²) in [6.07, 6.45) is 3.17.